The van der Waals surface area contributed by atoms with Crippen LogP contribution in [-0.2, 0) is 0 Å². The molecule has 0 saturated heterocycles. The van der Waals surface area contributed by atoms with Crippen LogP contribution in [0.2, 0.25) is 0 Å². The van der Waals surface area contributed by atoms with Gasteiger partial charge in [-0.25, -0.2) is 0 Å². The fraction of sp³-hybridized carbons (Fsp3) is 0.0870. The second-order valence-corrected chi connectivity index (χ2v) is 6.68. The van der Waals surface area contributed by atoms with E-state index in [1.807, 2.05) is 48.5 Å². The van der Waals surface area contributed by atoms with Crippen molar-refractivity contribution in [3.05, 3.63) is 90.3 Å². The number of aromatic nitrogens is 2. The van der Waals surface area contributed by atoms with Crippen LogP contribution in [0.4, 0.5) is 6.01 Å². The number of benzene rings is 3. The molecule has 1 aliphatic rings. The lowest BCUT2D eigenvalue weighted by atomic mass is 10.2. The first-order chi connectivity index (χ1) is 15.3. The third-order valence-corrected chi connectivity index (χ3v) is 4.55. The minimum absolute atomic E-state index is 0.0445. The maximum atomic E-state index is 12.8. The number of anilines is 1. The zero-order chi connectivity index (χ0) is 21.0. The predicted molar refractivity (Wildman–Crippen MR) is 111 cm³/mol. The summed E-state index contributed by atoms with van der Waals surface area (Å²) in [6.07, 6.45) is -0.568. The number of nitrogens with one attached hydrogen (secondary N) is 1. The predicted octanol–water partition coefficient (Wildman–Crippen LogP) is 4.63. The number of para-hydroxylation sites is 4. The lowest BCUT2D eigenvalue weighted by molar-refractivity contribution is 0.0716. The second kappa shape index (κ2) is 8.19. The molecule has 3 aromatic carbocycles. The Morgan fingerprint density at radius 3 is 2.52 bits per heavy atom. The molecule has 0 aliphatic carbocycles. The van der Waals surface area contributed by atoms with Crippen LogP contribution < -0.4 is 19.5 Å². The molecule has 4 aromatic rings. The number of carbonyl (C=O) groups excluding carboxylic acids is 1. The monoisotopic (exact) mass is 415 g/mol. The van der Waals surface area contributed by atoms with E-state index in [1.54, 1.807) is 30.3 Å². The minimum atomic E-state index is -0.568. The summed E-state index contributed by atoms with van der Waals surface area (Å²) in [6.45, 7) is 0.223. The molecule has 31 heavy (non-hydrogen) atoms. The van der Waals surface area contributed by atoms with Crippen LogP contribution in [0.1, 0.15) is 22.4 Å². The Morgan fingerprint density at radius 2 is 1.65 bits per heavy atom. The van der Waals surface area contributed by atoms with Crippen LogP contribution in [0, 0.1) is 0 Å². The molecule has 0 spiro atoms. The highest BCUT2D eigenvalue weighted by molar-refractivity contribution is 6.05. The van der Waals surface area contributed by atoms with E-state index < -0.39 is 12.0 Å². The van der Waals surface area contributed by atoms with Gasteiger partial charge in [-0.15, -0.1) is 5.10 Å². The minimum Gasteiger partial charge on any atom is -0.485 e. The van der Waals surface area contributed by atoms with E-state index in [9.17, 15) is 4.79 Å². The van der Waals surface area contributed by atoms with Crippen molar-refractivity contribution in [2.24, 2.45) is 0 Å². The fourth-order valence-electron chi connectivity index (χ4n) is 3.08. The number of nitrogens with zero attached hydrogens (tertiary/aromatic N) is 2. The average Bonchev–Trinajstić information content (AvgIpc) is 3.28. The number of ether oxygens (including phenoxy) is 3. The van der Waals surface area contributed by atoms with Crippen LogP contribution in [0.15, 0.2) is 83.3 Å². The first-order valence-electron chi connectivity index (χ1n) is 9.61. The summed E-state index contributed by atoms with van der Waals surface area (Å²) in [7, 11) is 0. The number of fused-ring (bicyclic) bond motifs is 1. The zero-order valence-electron chi connectivity index (χ0n) is 16.2. The van der Waals surface area contributed by atoms with Gasteiger partial charge in [0.25, 0.3) is 11.8 Å². The Balaban J connectivity index is 1.30. The Labute approximate surface area is 177 Å². The SMILES string of the molecule is O=C(Nc1nnc(C2COc3ccccc3O2)o1)c1ccccc1Oc1ccccc1. The van der Waals surface area contributed by atoms with E-state index in [0.717, 1.165) is 0 Å². The van der Waals surface area contributed by atoms with Crippen molar-refractivity contribution in [1.82, 2.24) is 10.2 Å². The van der Waals surface area contributed by atoms with Crippen LogP contribution in [-0.4, -0.2) is 22.7 Å². The van der Waals surface area contributed by atoms with Crippen molar-refractivity contribution < 1.29 is 23.4 Å². The van der Waals surface area contributed by atoms with Crippen LogP contribution in [0.25, 0.3) is 0 Å². The van der Waals surface area contributed by atoms with E-state index in [4.69, 9.17) is 18.6 Å². The summed E-state index contributed by atoms with van der Waals surface area (Å²) >= 11 is 0. The number of hydrogen-bond donors (Lipinski definition) is 1. The van der Waals surface area contributed by atoms with Gasteiger partial charge in [0.05, 0.1) is 5.56 Å². The molecule has 0 saturated carbocycles. The summed E-state index contributed by atoms with van der Waals surface area (Å²) in [5.74, 6) is 2.05. The van der Waals surface area contributed by atoms with Crippen molar-refractivity contribution in [3.8, 4) is 23.0 Å². The Morgan fingerprint density at radius 1 is 0.903 bits per heavy atom. The van der Waals surface area contributed by atoms with Gasteiger partial charge in [0.15, 0.2) is 11.5 Å². The van der Waals surface area contributed by atoms with Crippen molar-refractivity contribution in [2.45, 2.75) is 6.10 Å². The van der Waals surface area contributed by atoms with E-state index in [-0.39, 0.29) is 18.5 Å². The largest absolute Gasteiger partial charge is 0.485 e. The topological polar surface area (TPSA) is 95.7 Å². The Kier molecular flexibility index (Phi) is 4.94. The van der Waals surface area contributed by atoms with Crippen molar-refractivity contribution in [3.63, 3.8) is 0 Å². The van der Waals surface area contributed by atoms with Gasteiger partial charge in [0.1, 0.15) is 18.1 Å². The number of hydrogen-bond acceptors (Lipinski definition) is 7. The van der Waals surface area contributed by atoms with Gasteiger partial charge in [-0.05, 0) is 36.4 Å². The Bertz CT molecular complexity index is 1210. The van der Waals surface area contributed by atoms with Crippen molar-refractivity contribution in [1.29, 1.82) is 0 Å². The van der Waals surface area contributed by atoms with Crippen LogP contribution in [0.3, 0.4) is 0 Å². The zero-order valence-corrected chi connectivity index (χ0v) is 16.2. The molecule has 1 aromatic heterocycles. The molecule has 5 rings (SSSR count). The molecular formula is C23H17N3O5. The van der Waals surface area contributed by atoms with Gasteiger partial charge in [-0.3, -0.25) is 10.1 Å². The lowest BCUT2D eigenvalue weighted by Crippen LogP contribution is -2.21. The molecule has 1 unspecified atom stereocenters. The summed E-state index contributed by atoms with van der Waals surface area (Å²) in [5.41, 5.74) is 0.331. The van der Waals surface area contributed by atoms with Gasteiger partial charge in [-0.1, -0.05) is 47.6 Å². The molecule has 2 heterocycles. The summed E-state index contributed by atoms with van der Waals surface area (Å²) in [6, 6.07) is 23.4. The quantitative estimate of drug-likeness (QED) is 0.508. The first-order valence-corrected chi connectivity index (χ1v) is 9.61. The highest BCUT2D eigenvalue weighted by Crippen LogP contribution is 2.35. The fourth-order valence-corrected chi connectivity index (χ4v) is 3.08. The Hall–Kier alpha value is -4.33. The van der Waals surface area contributed by atoms with E-state index >= 15 is 0 Å². The van der Waals surface area contributed by atoms with Crippen LogP contribution in [0.5, 0.6) is 23.0 Å². The maximum Gasteiger partial charge on any atom is 0.322 e. The maximum absolute atomic E-state index is 12.8. The van der Waals surface area contributed by atoms with E-state index in [2.05, 4.69) is 15.5 Å². The molecule has 1 amide bonds. The highest BCUT2D eigenvalue weighted by Gasteiger charge is 2.27. The molecule has 1 aliphatic heterocycles. The molecule has 8 heteroatoms. The van der Waals surface area contributed by atoms with Gasteiger partial charge in [0.2, 0.25) is 6.10 Å². The number of amides is 1. The van der Waals surface area contributed by atoms with Gasteiger partial charge >= 0.3 is 6.01 Å². The third-order valence-electron chi connectivity index (χ3n) is 4.55. The summed E-state index contributed by atoms with van der Waals surface area (Å²) < 4.78 is 22.9. The number of rotatable bonds is 5. The van der Waals surface area contributed by atoms with Crippen LogP contribution >= 0.6 is 0 Å². The van der Waals surface area contributed by atoms with E-state index in [1.165, 1.54) is 0 Å². The number of carbonyl (C=O) groups is 1. The first kappa shape index (κ1) is 18.7. The van der Waals surface area contributed by atoms with Gasteiger partial charge in [0, 0.05) is 0 Å². The van der Waals surface area contributed by atoms with Gasteiger partial charge < -0.3 is 18.6 Å². The summed E-state index contributed by atoms with van der Waals surface area (Å²) in [5, 5.41) is 10.5. The summed E-state index contributed by atoms with van der Waals surface area (Å²) in [4.78, 5) is 12.8. The third kappa shape index (κ3) is 4.04. The average molecular weight is 415 g/mol. The molecule has 0 fully saturated rings. The normalized spacial score (nSPS) is 14.6. The smallest absolute Gasteiger partial charge is 0.322 e. The lowest BCUT2D eigenvalue weighted by Gasteiger charge is -2.23. The highest BCUT2D eigenvalue weighted by atomic mass is 16.6. The molecule has 1 atom stereocenters. The molecular weight excluding hydrogens is 398 g/mol. The second-order valence-electron chi connectivity index (χ2n) is 6.68. The van der Waals surface area contributed by atoms with E-state index in [0.29, 0.717) is 28.6 Å². The molecule has 1 N–H and O–H groups in total. The molecule has 154 valence electrons. The van der Waals surface area contributed by atoms with Crippen molar-refractivity contribution >= 4 is 11.9 Å². The van der Waals surface area contributed by atoms with Crippen molar-refractivity contribution in [2.75, 3.05) is 11.9 Å². The standard InChI is InChI=1S/C23H17N3O5/c27-21(16-10-4-5-11-17(16)29-15-8-2-1-3-9-15)24-23-26-25-22(31-23)20-14-28-18-12-6-7-13-19(18)30-20/h1-13,20H,14H2,(H,24,26,27). The van der Waals surface area contributed by atoms with Gasteiger partial charge in [-0.2, -0.15) is 0 Å². The molecule has 8 nitrogen and oxygen atoms in total. The molecule has 0 bridgehead atoms. The molecule has 0 radical (unpaired) electrons.